The largest absolute Gasteiger partial charge is 0.444 e. The molecule has 8 unspecified atom stereocenters. The van der Waals surface area contributed by atoms with Gasteiger partial charge < -0.3 is 83.4 Å². The Bertz CT molecular complexity index is 2690. The van der Waals surface area contributed by atoms with E-state index in [1.165, 1.54) is 25.7 Å². The quantitative estimate of drug-likeness (QED) is 0.0555. The monoisotopic (exact) mass is 1170 g/mol. The van der Waals surface area contributed by atoms with E-state index in [0.29, 0.717) is 0 Å². The minimum absolute atomic E-state index is 0.0151. The molecule has 22 heteroatoms. The molecule has 20 atom stereocenters. The normalized spacial score (nSPS) is 33.3. The van der Waals surface area contributed by atoms with Gasteiger partial charge in [-0.3, -0.25) is 19.3 Å². The highest BCUT2D eigenvalue weighted by Crippen LogP contribution is 2.39. The first-order valence-corrected chi connectivity index (χ1v) is 28.7. The third-order valence-electron chi connectivity index (χ3n) is 15.7. The van der Waals surface area contributed by atoms with E-state index in [1.54, 1.807) is 13.8 Å². The third-order valence-corrected chi connectivity index (χ3v) is 15.7. The summed E-state index contributed by atoms with van der Waals surface area (Å²) >= 11 is 0. The number of carbonyl (C=O) groups is 4. The van der Waals surface area contributed by atoms with Crippen LogP contribution in [0.3, 0.4) is 0 Å². The van der Waals surface area contributed by atoms with Crippen LogP contribution in [0.4, 0.5) is 4.79 Å². The number of nitrogens with one attached hydrogen (secondary N) is 3. The summed E-state index contributed by atoms with van der Waals surface area (Å²) < 4.78 is 71.7. The van der Waals surface area contributed by atoms with Crippen molar-refractivity contribution in [1.29, 1.82) is 0 Å². The maximum absolute atomic E-state index is 13.8. The van der Waals surface area contributed by atoms with Gasteiger partial charge in [-0.05, 0) is 54.9 Å². The lowest BCUT2D eigenvalue weighted by Gasteiger charge is -2.52. The lowest BCUT2D eigenvalue weighted by atomic mass is 9.83. The van der Waals surface area contributed by atoms with Crippen molar-refractivity contribution in [2.24, 2.45) is 11.8 Å². The van der Waals surface area contributed by atoms with Gasteiger partial charge in [-0.25, -0.2) is 4.79 Å². The van der Waals surface area contributed by atoms with Gasteiger partial charge in [0, 0.05) is 20.8 Å². The van der Waals surface area contributed by atoms with Crippen molar-refractivity contribution in [2.75, 3.05) is 13.3 Å². The number of hydrogen-bond donors (Lipinski definition) is 6. The zero-order valence-electron chi connectivity index (χ0n) is 48.7. The zero-order valence-corrected chi connectivity index (χ0v) is 48.7. The summed E-state index contributed by atoms with van der Waals surface area (Å²) in [7, 11) is 0. The van der Waals surface area contributed by atoms with E-state index in [9.17, 15) is 34.5 Å². The number of amides is 4. The number of hydrogen-bond acceptors (Lipinski definition) is 18. The molecule has 4 heterocycles. The smallest absolute Gasteiger partial charge is 0.412 e. The molecule has 4 aromatic rings. The van der Waals surface area contributed by atoms with E-state index in [0.717, 1.165) is 22.3 Å². The maximum Gasteiger partial charge on any atom is 0.412 e. The van der Waals surface area contributed by atoms with E-state index in [2.05, 4.69) is 16.0 Å². The number of rotatable bonds is 23. The van der Waals surface area contributed by atoms with E-state index < -0.39 is 153 Å². The first kappa shape index (κ1) is 64.0. The molecular formula is C62H82N4O18. The van der Waals surface area contributed by atoms with Crippen molar-refractivity contribution < 1.29 is 86.6 Å². The average Bonchev–Trinajstić information content (AvgIpc) is 3.57. The molecule has 8 rings (SSSR count). The SMILES string of the molecule is CC(=O)NC1[C@H](O[C@@H]2C(NC(C)=O)[C@H](OCN(Cc3ccccc3)C(=O)OCc3ccccc3)OC(C)[C@@H]2O)OC(C)[C@@H](O)[C@@H]1O[C@@H]1OC(CO)[C@@H](C)[C@H](C)C1O[C@@H]1OC(C)[C@@H](OCc2ccccc2)[C@H](OCc2ccccc2)C1NC(C)=O. The molecule has 22 nitrogen and oxygen atoms in total. The van der Waals surface area contributed by atoms with Gasteiger partial charge in [0.2, 0.25) is 17.7 Å². The van der Waals surface area contributed by atoms with Crippen LogP contribution in [-0.2, 0) is 92.9 Å². The molecule has 0 bridgehead atoms. The van der Waals surface area contributed by atoms with Crippen molar-refractivity contribution in [3.63, 3.8) is 0 Å². The minimum atomic E-state index is -1.52. The molecule has 4 saturated heterocycles. The van der Waals surface area contributed by atoms with Crippen LogP contribution in [0.1, 0.15) is 77.6 Å². The van der Waals surface area contributed by atoms with Crippen LogP contribution in [0.2, 0.25) is 0 Å². The molecule has 4 aliphatic rings. The predicted octanol–water partition coefficient (Wildman–Crippen LogP) is 4.59. The molecule has 0 radical (unpaired) electrons. The Kier molecular flexibility index (Phi) is 23.2. The standard InChI is InChI=1S/C62H82N4O18/c1-35-36(2)53(82-60-50(65-42(8)70)57(75-32-45-25-17-11-18-26-45)54(39(5)80-60)74-31-44-23-15-10-16-24-44)61(81-47(35)30-67)84-56-49(64-41(7)69)59(79-38(4)52(56)72)83-55-48(63-40(6)68)58(78-37(3)51(55)71)77-34-66(29-43-21-13-9-14-22-43)62(73)76-33-46-27-19-12-20-28-46/h9-28,35-39,47-61,67,71-72H,29-34H2,1-8H3,(H,63,68)(H,64,69)(H,65,70)/t35-,36-,37?,38?,39?,47?,48?,49?,50?,51-,52+,53?,54+,55+,56+,57+,58+,59-,60-,61-/m0/s1. The van der Waals surface area contributed by atoms with E-state index in [-0.39, 0.29) is 32.3 Å². The Hall–Kier alpha value is -5.96. The lowest BCUT2D eigenvalue weighted by molar-refractivity contribution is -0.369. The number of aliphatic hydroxyl groups is 3. The van der Waals surface area contributed by atoms with E-state index >= 15 is 0 Å². The molecule has 4 amide bonds. The van der Waals surface area contributed by atoms with Gasteiger partial charge in [0.15, 0.2) is 25.2 Å². The maximum atomic E-state index is 13.8. The van der Waals surface area contributed by atoms with Crippen molar-refractivity contribution >= 4 is 23.8 Å². The fraction of sp³-hybridized carbons (Fsp3) is 0.548. The second-order valence-corrected chi connectivity index (χ2v) is 22.1. The van der Waals surface area contributed by atoms with Crippen LogP contribution in [0.15, 0.2) is 121 Å². The van der Waals surface area contributed by atoms with Gasteiger partial charge in [-0.15, -0.1) is 0 Å². The third kappa shape index (κ3) is 16.7. The number of benzene rings is 4. The first-order chi connectivity index (χ1) is 40.4. The first-order valence-electron chi connectivity index (χ1n) is 28.7. The highest BCUT2D eigenvalue weighted by atomic mass is 16.8. The number of ether oxygens (including phenoxy) is 11. The summed E-state index contributed by atoms with van der Waals surface area (Å²) in [6, 6.07) is 34.0. The average molecular weight is 1170 g/mol. The summed E-state index contributed by atoms with van der Waals surface area (Å²) in [6.07, 6.45) is -18.1. The minimum Gasteiger partial charge on any atom is -0.444 e. The van der Waals surface area contributed by atoms with Gasteiger partial charge >= 0.3 is 6.09 Å². The zero-order chi connectivity index (χ0) is 60.0. The highest BCUT2D eigenvalue weighted by Gasteiger charge is 2.56. The van der Waals surface area contributed by atoms with Gasteiger partial charge in [-0.2, -0.15) is 0 Å². The van der Waals surface area contributed by atoms with Crippen molar-refractivity contribution in [2.45, 2.75) is 192 Å². The summed E-state index contributed by atoms with van der Waals surface area (Å²) in [6.45, 7) is 12.3. The Labute approximate surface area is 490 Å². The van der Waals surface area contributed by atoms with Crippen LogP contribution in [-0.4, -0.2) is 168 Å². The molecule has 0 saturated carbocycles. The Morgan fingerprint density at radius 3 is 1.36 bits per heavy atom. The fourth-order valence-electron chi connectivity index (χ4n) is 11.0. The van der Waals surface area contributed by atoms with Crippen LogP contribution in [0.25, 0.3) is 0 Å². The van der Waals surface area contributed by atoms with Crippen LogP contribution in [0, 0.1) is 11.8 Å². The number of nitrogens with zero attached hydrogens (tertiary/aromatic N) is 1. The summed E-state index contributed by atoms with van der Waals surface area (Å²) in [5.41, 5.74) is 3.33. The molecule has 4 aromatic carbocycles. The van der Waals surface area contributed by atoms with Crippen molar-refractivity contribution in [1.82, 2.24) is 20.9 Å². The molecule has 0 spiro atoms. The van der Waals surface area contributed by atoms with Gasteiger partial charge in [0.05, 0.1) is 50.8 Å². The highest BCUT2D eigenvalue weighted by molar-refractivity contribution is 5.74. The Morgan fingerprint density at radius 1 is 0.464 bits per heavy atom. The van der Waals surface area contributed by atoms with Crippen molar-refractivity contribution in [3.8, 4) is 0 Å². The summed E-state index contributed by atoms with van der Waals surface area (Å²) in [4.78, 5) is 54.7. The Morgan fingerprint density at radius 2 is 0.869 bits per heavy atom. The molecule has 6 N–H and O–H groups in total. The van der Waals surface area contributed by atoms with Crippen molar-refractivity contribution in [3.05, 3.63) is 144 Å². The predicted molar refractivity (Wildman–Crippen MR) is 301 cm³/mol. The van der Waals surface area contributed by atoms with Crippen LogP contribution < -0.4 is 16.0 Å². The van der Waals surface area contributed by atoms with Gasteiger partial charge in [0.1, 0.15) is 74.2 Å². The summed E-state index contributed by atoms with van der Waals surface area (Å²) in [5.74, 6) is -2.33. The molecule has 458 valence electrons. The molecule has 84 heavy (non-hydrogen) atoms. The van der Waals surface area contributed by atoms with E-state index in [1.807, 2.05) is 142 Å². The van der Waals surface area contributed by atoms with Gasteiger partial charge in [-0.1, -0.05) is 135 Å². The van der Waals surface area contributed by atoms with E-state index in [4.69, 9.17) is 52.1 Å². The molecule has 4 aliphatic heterocycles. The van der Waals surface area contributed by atoms with Gasteiger partial charge in [0.25, 0.3) is 0 Å². The molecule has 0 aromatic heterocycles. The lowest BCUT2D eigenvalue weighted by Crippen LogP contribution is -2.70. The molecule has 0 aliphatic carbocycles. The second kappa shape index (κ2) is 30.4. The summed E-state index contributed by atoms with van der Waals surface area (Å²) in [5, 5.41) is 43.5. The van der Waals surface area contributed by atoms with Crippen LogP contribution in [0.5, 0.6) is 0 Å². The number of aliphatic hydroxyl groups excluding tert-OH is 3. The Balaban J connectivity index is 1.06. The molecular weight excluding hydrogens is 1090 g/mol. The molecule has 4 fully saturated rings. The van der Waals surface area contributed by atoms with Crippen LogP contribution >= 0.6 is 0 Å². The number of carbonyl (C=O) groups excluding carboxylic acids is 4. The topological polar surface area (TPSA) is 270 Å². The fourth-order valence-corrected chi connectivity index (χ4v) is 11.0. The second-order valence-electron chi connectivity index (χ2n) is 22.1.